The molecule has 10 heteroatoms. The second-order valence-electron chi connectivity index (χ2n) is 7.73. The van der Waals surface area contributed by atoms with E-state index < -0.39 is 37.5 Å². The van der Waals surface area contributed by atoms with Gasteiger partial charge < -0.3 is 35.8 Å². The SMILES string of the molecule is CCCCCCCCCN1c2c(ncn2[C@@H]2O[C@H](CO)[C@@H](O)[C@H]2O)C(N)=NC1O. The fourth-order valence-corrected chi connectivity index (χ4v) is 3.94. The molecule has 1 aromatic heterocycles. The van der Waals surface area contributed by atoms with Gasteiger partial charge in [0.1, 0.15) is 29.8 Å². The quantitative estimate of drug-likeness (QED) is 0.339. The van der Waals surface area contributed by atoms with E-state index in [1.54, 1.807) is 9.47 Å². The van der Waals surface area contributed by atoms with Gasteiger partial charge in [-0.15, -0.1) is 0 Å². The van der Waals surface area contributed by atoms with Gasteiger partial charge in [0.25, 0.3) is 0 Å². The molecular formula is C19H33N5O5. The predicted molar refractivity (Wildman–Crippen MR) is 107 cm³/mol. The summed E-state index contributed by atoms with van der Waals surface area (Å²) >= 11 is 0. The molecule has 1 fully saturated rings. The molecule has 0 radical (unpaired) electrons. The number of rotatable bonds is 10. The fourth-order valence-electron chi connectivity index (χ4n) is 3.94. The van der Waals surface area contributed by atoms with Crippen LogP contribution in [0.2, 0.25) is 0 Å². The number of fused-ring (bicyclic) bond motifs is 1. The summed E-state index contributed by atoms with van der Waals surface area (Å²) in [5.74, 6) is 0.597. The van der Waals surface area contributed by atoms with Gasteiger partial charge in [0.05, 0.1) is 12.9 Å². The lowest BCUT2D eigenvalue weighted by Crippen LogP contribution is -2.43. The number of aliphatic hydroxyl groups is 4. The van der Waals surface area contributed by atoms with Crippen LogP contribution in [0.4, 0.5) is 5.82 Å². The highest BCUT2D eigenvalue weighted by Gasteiger charge is 2.45. The number of aliphatic imine (C=N–C) groups is 1. The number of aromatic nitrogens is 2. The minimum absolute atomic E-state index is 0.105. The number of nitrogens with zero attached hydrogens (tertiary/aromatic N) is 4. The van der Waals surface area contributed by atoms with Crippen molar-refractivity contribution >= 4 is 11.7 Å². The molecule has 0 bridgehead atoms. The highest BCUT2D eigenvalue weighted by Crippen LogP contribution is 2.36. The molecule has 1 aromatic rings. The van der Waals surface area contributed by atoms with Crippen molar-refractivity contribution in [3.63, 3.8) is 0 Å². The molecule has 1 saturated heterocycles. The molecule has 5 atom stereocenters. The zero-order valence-corrected chi connectivity index (χ0v) is 16.9. The number of amidine groups is 1. The van der Waals surface area contributed by atoms with E-state index in [1.807, 2.05) is 0 Å². The summed E-state index contributed by atoms with van der Waals surface area (Å²) in [5, 5.41) is 40.3. The molecule has 0 spiro atoms. The lowest BCUT2D eigenvalue weighted by molar-refractivity contribution is -0.0525. The van der Waals surface area contributed by atoms with E-state index in [0.717, 1.165) is 19.3 Å². The first-order valence-corrected chi connectivity index (χ1v) is 10.5. The number of hydrogen-bond donors (Lipinski definition) is 5. The van der Waals surface area contributed by atoms with Gasteiger partial charge in [-0.1, -0.05) is 45.4 Å². The molecule has 2 aliphatic heterocycles. The number of imidazole rings is 1. The molecular weight excluding hydrogens is 378 g/mol. The van der Waals surface area contributed by atoms with Crippen LogP contribution in [-0.4, -0.2) is 73.6 Å². The van der Waals surface area contributed by atoms with Gasteiger partial charge in [0.2, 0.25) is 6.35 Å². The summed E-state index contributed by atoms with van der Waals surface area (Å²) in [6, 6.07) is 0. The van der Waals surface area contributed by atoms with Crippen LogP contribution in [0.1, 0.15) is 63.8 Å². The topological polar surface area (TPSA) is 150 Å². The van der Waals surface area contributed by atoms with Gasteiger partial charge in [0, 0.05) is 6.54 Å². The van der Waals surface area contributed by atoms with Crippen LogP contribution in [-0.2, 0) is 4.74 Å². The van der Waals surface area contributed by atoms with E-state index in [2.05, 4.69) is 16.9 Å². The number of unbranched alkanes of at least 4 members (excludes halogenated alkanes) is 6. The molecule has 6 N–H and O–H groups in total. The second-order valence-corrected chi connectivity index (χ2v) is 7.73. The van der Waals surface area contributed by atoms with Crippen LogP contribution >= 0.6 is 0 Å². The fraction of sp³-hybridized carbons (Fsp3) is 0.789. The largest absolute Gasteiger partial charge is 0.394 e. The van der Waals surface area contributed by atoms with Gasteiger partial charge in [-0.05, 0) is 6.42 Å². The number of nitrogens with two attached hydrogens (primary N) is 1. The minimum Gasteiger partial charge on any atom is -0.394 e. The summed E-state index contributed by atoms with van der Waals surface area (Å²) in [7, 11) is 0. The zero-order chi connectivity index (χ0) is 21.0. The van der Waals surface area contributed by atoms with Crippen LogP contribution in [0.3, 0.4) is 0 Å². The smallest absolute Gasteiger partial charge is 0.228 e. The monoisotopic (exact) mass is 411 g/mol. The zero-order valence-electron chi connectivity index (χ0n) is 16.9. The molecule has 0 amide bonds. The maximum atomic E-state index is 10.5. The van der Waals surface area contributed by atoms with Crippen molar-refractivity contribution in [3.05, 3.63) is 12.0 Å². The molecule has 0 aliphatic carbocycles. The van der Waals surface area contributed by atoms with Gasteiger partial charge in [0.15, 0.2) is 12.1 Å². The molecule has 29 heavy (non-hydrogen) atoms. The van der Waals surface area contributed by atoms with E-state index in [1.165, 1.54) is 32.0 Å². The summed E-state index contributed by atoms with van der Waals surface area (Å²) in [6.45, 7) is 2.32. The van der Waals surface area contributed by atoms with Crippen molar-refractivity contribution in [2.24, 2.45) is 10.7 Å². The Labute approximate surface area is 170 Å². The second kappa shape index (κ2) is 9.86. The van der Waals surface area contributed by atoms with Gasteiger partial charge >= 0.3 is 0 Å². The van der Waals surface area contributed by atoms with Crippen molar-refractivity contribution in [3.8, 4) is 0 Å². The van der Waals surface area contributed by atoms with Crippen molar-refractivity contribution in [2.75, 3.05) is 18.1 Å². The lowest BCUT2D eigenvalue weighted by atomic mass is 10.1. The molecule has 1 unspecified atom stereocenters. The minimum atomic E-state index is -1.25. The Bertz CT molecular complexity index is 697. The predicted octanol–water partition coefficient (Wildman–Crippen LogP) is 0.0464. The van der Waals surface area contributed by atoms with Crippen molar-refractivity contribution in [1.82, 2.24) is 9.55 Å². The Hall–Kier alpha value is -1.72. The van der Waals surface area contributed by atoms with E-state index in [4.69, 9.17) is 10.5 Å². The summed E-state index contributed by atoms with van der Waals surface area (Å²) in [5.41, 5.74) is 6.34. The molecule has 3 heterocycles. The highest BCUT2D eigenvalue weighted by molar-refractivity contribution is 6.01. The summed E-state index contributed by atoms with van der Waals surface area (Å²) < 4.78 is 7.18. The van der Waals surface area contributed by atoms with Crippen molar-refractivity contribution in [2.45, 2.75) is 82.8 Å². The first-order chi connectivity index (χ1) is 14.0. The van der Waals surface area contributed by atoms with Crippen LogP contribution in [0.5, 0.6) is 0 Å². The average Bonchev–Trinajstić information content (AvgIpc) is 3.25. The Balaban J connectivity index is 1.72. The molecule has 3 rings (SSSR count). The normalized spacial score (nSPS) is 29.2. The third kappa shape index (κ3) is 4.56. The van der Waals surface area contributed by atoms with Crippen LogP contribution in [0.25, 0.3) is 0 Å². The Morgan fingerprint density at radius 2 is 1.76 bits per heavy atom. The third-order valence-electron chi connectivity index (χ3n) is 5.61. The number of anilines is 1. The van der Waals surface area contributed by atoms with E-state index in [9.17, 15) is 20.4 Å². The van der Waals surface area contributed by atoms with Crippen LogP contribution in [0, 0.1) is 0 Å². The van der Waals surface area contributed by atoms with E-state index in [-0.39, 0.29) is 5.84 Å². The number of hydrogen-bond acceptors (Lipinski definition) is 9. The van der Waals surface area contributed by atoms with E-state index in [0.29, 0.717) is 18.1 Å². The number of aliphatic hydroxyl groups excluding tert-OH is 4. The highest BCUT2D eigenvalue weighted by atomic mass is 16.6. The molecule has 0 aromatic carbocycles. The van der Waals surface area contributed by atoms with Crippen LogP contribution < -0.4 is 10.6 Å². The average molecular weight is 412 g/mol. The van der Waals surface area contributed by atoms with Crippen LogP contribution in [0.15, 0.2) is 11.3 Å². The third-order valence-corrected chi connectivity index (χ3v) is 5.61. The maximum Gasteiger partial charge on any atom is 0.228 e. The first-order valence-electron chi connectivity index (χ1n) is 10.5. The van der Waals surface area contributed by atoms with Gasteiger partial charge in [-0.25, -0.2) is 9.98 Å². The standard InChI is InChI=1S/C19H33N5O5/c1-2-3-4-5-6-7-8-9-23-17-13(16(20)22-19(23)28)21-11-24(17)18-15(27)14(26)12(10-25)29-18/h11-12,14-15,18-19,25-28H,2-10H2,1H3,(H2,20,22)/t12-,14-,15-,18-,19?/m1/s1. The molecule has 164 valence electrons. The van der Waals surface area contributed by atoms with Crippen molar-refractivity contribution in [1.29, 1.82) is 0 Å². The Morgan fingerprint density at radius 3 is 2.41 bits per heavy atom. The lowest BCUT2D eigenvalue weighted by Gasteiger charge is -2.33. The number of ether oxygens (including phenoxy) is 1. The van der Waals surface area contributed by atoms with Gasteiger partial charge in [-0.3, -0.25) is 4.57 Å². The first kappa shape index (κ1) is 22.0. The molecule has 0 saturated carbocycles. The Morgan fingerprint density at radius 1 is 1.07 bits per heavy atom. The van der Waals surface area contributed by atoms with Gasteiger partial charge in [-0.2, -0.15) is 0 Å². The molecule has 10 nitrogen and oxygen atoms in total. The maximum absolute atomic E-state index is 10.5. The Kier molecular flexibility index (Phi) is 7.47. The van der Waals surface area contributed by atoms with E-state index >= 15 is 0 Å². The summed E-state index contributed by atoms with van der Waals surface area (Å²) in [4.78, 5) is 10.0. The van der Waals surface area contributed by atoms with Crippen molar-refractivity contribution < 1.29 is 25.2 Å². The summed E-state index contributed by atoms with van der Waals surface area (Å²) in [6.07, 6.45) is 3.91. The molecule has 2 aliphatic rings.